The smallest absolute Gasteiger partial charge is 0.336 e. The summed E-state index contributed by atoms with van der Waals surface area (Å²) in [6, 6.07) is 12.3. The number of hydrogen-bond acceptors (Lipinski definition) is 5. The van der Waals surface area contributed by atoms with E-state index < -0.39 is 5.63 Å². The van der Waals surface area contributed by atoms with E-state index in [2.05, 4.69) is 5.32 Å². The van der Waals surface area contributed by atoms with Crippen LogP contribution in [0.15, 0.2) is 57.7 Å². The van der Waals surface area contributed by atoms with Crippen LogP contribution in [0.2, 0.25) is 0 Å². The van der Waals surface area contributed by atoms with Gasteiger partial charge in [-0.3, -0.25) is 4.79 Å². The maximum Gasteiger partial charge on any atom is 0.336 e. The molecule has 0 spiro atoms. The first-order valence-electron chi connectivity index (χ1n) is 7.23. The van der Waals surface area contributed by atoms with Gasteiger partial charge in [0.15, 0.2) is 0 Å². The Morgan fingerprint density at radius 2 is 1.92 bits per heavy atom. The highest BCUT2D eigenvalue weighted by Crippen LogP contribution is 2.21. The molecule has 0 fully saturated rings. The van der Waals surface area contributed by atoms with Gasteiger partial charge in [-0.1, -0.05) is 12.1 Å². The van der Waals surface area contributed by atoms with E-state index in [1.807, 2.05) is 0 Å². The molecule has 6 heteroatoms. The number of hydrogen-bond donors (Lipinski definition) is 1. The molecule has 3 rings (SSSR count). The van der Waals surface area contributed by atoms with Crippen LogP contribution in [0, 0.1) is 0 Å². The van der Waals surface area contributed by atoms with Gasteiger partial charge < -0.3 is 19.6 Å². The van der Waals surface area contributed by atoms with Crippen molar-refractivity contribution in [3.63, 3.8) is 0 Å². The number of fused-ring (bicyclic) bond motifs is 1. The zero-order chi connectivity index (χ0) is 17.1. The van der Waals surface area contributed by atoms with Crippen LogP contribution in [0.5, 0.6) is 11.5 Å². The van der Waals surface area contributed by atoms with Crippen molar-refractivity contribution in [2.45, 2.75) is 6.42 Å². The Balaban J connectivity index is 1.83. The number of methoxy groups -OCH3 is 1. The largest absolute Gasteiger partial charge is 0.872 e. The number of carbonyl (C=O) groups excluding carboxylic acids is 1. The van der Waals surface area contributed by atoms with E-state index in [1.165, 1.54) is 18.2 Å². The lowest BCUT2D eigenvalue weighted by atomic mass is 10.1. The second-order valence-corrected chi connectivity index (χ2v) is 5.20. The Labute approximate surface area is 137 Å². The van der Waals surface area contributed by atoms with Crippen molar-refractivity contribution in [3.8, 4) is 11.5 Å². The summed E-state index contributed by atoms with van der Waals surface area (Å²) in [5.41, 5.74) is 0.713. The Kier molecular flexibility index (Phi) is 4.20. The van der Waals surface area contributed by atoms with Gasteiger partial charge in [-0.05, 0) is 35.9 Å². The molecule has 2 aromatic carbocycles. The summed E-state index contributed by atoms with van der Waals surface area (Å²) >= 11 is 0. The van der Waals surface area contributed by atoms with Crippen molar-refractivity contribution in [1.29, 1.82) is 0 Å². The summed E-state index contributed by atoms with van der Waals surface area (Å²) in [5, 5.41) is 14.7. The number of nitrogens with one attached hydrogen (secondary N) is 1. The molecule has 0 bridgehead atoms. The highest BCUT2D eigenvalue weighted by molar-refractivity contribution is 5.95. The molecule has 122 valence electrons. The van der Waals surface area contributed by atoms with Crippen LogP contribution in [0.3, 0.4) is 0 Å². The van der Waals surface area contributed by atoms with Gasteiger partial charge in [0.05, 0.1) is 13.5 Å². The molecule has 1 heterocycles. The molecule has 0 aliphatic rings. The number of rotatable bonds is 4. The maximum atomic E-state index is 12.2. The van der Waals surface area contributed by atoms with Gasteiger partial charge in [0.2, 0.25) is 5.91 Å². The average molecular weight is 324 g/mol. The van der Waals surface area contributed by atoms with E-state index in [0.717, 1.165) is 0 Å². The Morgan fingerprint density at radius 3 is 2.62 bits per heavy atom. The topological polar surface area (TPSA) is 91.6 Å². The summed E-state index contributed by atoms with van der Waals surface area (Å²) < 4.78 is 10.1. The highest BCUT2D eigenvalue weighted by Gasteiger charge is 2.10. The minimum atomic E-state index is -0.597. The molecule has 1 aromatic heterocycles. The molecule has 3 aromatic rings. The van der Waals surface area contributed by atoms with Crippen LogP contribution >= 0.6 is 0 Å². The van der Waals surface area contributed by atoms with Gasteiger partial charge in [-0.15, -0.1) is 5.75 Å². The molecule has 0 radical (unpaired) electrons. The fourth-order valence-corrected chi connectivity index (χ4v) is 2.41. The molecule has 1 amide bonds. The highest BCUT2D eigenvalue weighted by atomic mass is 16.5. The standard InChI is InChI=1S/C18H15NO5/c1-23-14-5-2-12(3-6-14)19-17(21)8-11-9-18(22)24-16-10-13(20)4-7-15(11)16/h2-7,9-10,20H,8H2,1H3,(H,19,21)/p-1. The van der Waals surface area contributed by atoms with Crippen molar-refractivity contribution >= 4 is 22.6 Å². The third-order valence-corrected chi connectivity index (χ3v) is 3.53. The predicted octanol–water partition coefficient (Wildman–Crippen LogP) is 2.06. The third-order valence-electron chi connectivity index (χ3n) is 3.53. The number of amides is 1. The molecule has 0 saturated heterocycles. The van der Waals surface area contributed by atoms with Crippen molar-refractivity contribution in [1.82, 2.24) is 0 Å². The quantitative estimate of drug-likeness (QED) is 0.742. The summed E-state index contributed by atoms with van der Waals surface area (Å²) in [5.74, 6) is 0.150. The van der Waals surface area contributed by atoms with Crippen LogP contribution in [-0.2, 0) is 11.2 Å². The van der Waals surface area contributed by atoms with E-state index in [1.54, 1.807) is 37.4 Å². The van der Waals surface area contributed by atoms with Gasteiger partial charge in [-0.25, -0.2) is 4.79 Å². The van der Waals surface area contributed by atoms with Crippen molar-refractivity contribution in [2.24, 2.45) is 0 Å². The average Bonchev–Trinajstić information content (AvgIpc) is 2.54. The summed E-state index contributed by atoms with van der Waals surface area (Å²) in [6.45, 7) is 0. The van der Waals surface area contributed by atoms with Gasteiger partial charge in [-0.2, -0.15) is 0 Å². The zero-order valence-electron chi connectivity index (χ0n) is 12.9. The Hall–Kier alpha value is -3.28. The molecule has 0 aliphatic carbocycles. The third kappa shape index (κ3) is 3.38. The number of carbonyl (C=O) groups is 1. The first-order chi connectivity index (χ1) is 11.5. The first-order valence-corrected chi connectivity index (χ1v) is 7.23. The van der Waals surface area contributed by atoms with E-state index in [4.69, 9.17) is 9.15 Å². The molecule has 0 unspecified atom stereocenters. The summed E-state index contributed by atoms with van der Waals surface area (Å²) in [7, 11) is 1.56. The first kappa shape index (κ1) is 15.6. The second-order valence-electron chi connectivity index (χ2n) is 5.20. The van der Waals surface area contributed by atoms with E-state index >= 15 is 0 Å². The normalized spacial score (nSPS) is 10.5. The number of ether oxygens (including phenoxy) is 1. The molecule has 24 heavy (non-hydrogen) atoms. The molecule has 0 saturated carbocycles. The summed E-state index contributed by atoms with van der Waals surface area (Å²) in [4.78, 5) is 23.8. The number of anilines is 1. The molecule has 1 N–H and O–H groups in total. The summed E-state index contributed by atoms with van der Waals surface area (Å²) in [6.07, 6.45) is -0.00761. The molecule has 0 aliphatic heterocycles. The lowest BCUT2D eigenvalue weighted by molar-refractivity contribution is -0.268. The molecule has 0 atom stereocenters. The van der Waals surface area contributed by atoms with Crippen LogP contribution in [0.25, 0.3) is 11.0 Å². The van der Waals surface area contributed by atoms with Gasteiger partial charge in [0, 0.05) is 17.1 Å². The van der Waals surface area contributed by atoms with Crippen molar-refractivity contribution in [3.05, 3.63) is 64.5 Å². The van der Waals surface area contributed by atoms with Crippen molar-refractivity contribution < 1.29 is 19.1 Å². The van der Waals surface area contributed by atoms with E-state index in [9.17, 15) is 14.7 Å². The fraction of sp³-hybridized carbons (Fsp3) is 0.111. The van der Waals surface area contributed by atoms with Gasteiger partial charge in [0.1, 0.15) is 11.3 Å². The molecular weight excluding hydrogens is 310 g/mol. The zero-order valence-corrected chi connectivity index (χ0v) is 12.9. The molecule has 6 nitrogen and oxygen atoms in total. The van der Waals surface area contributed by atoms with Gasteiger partial charge in [0.25, 0.3) is 0 Å². The lowest BCUT2D eigenvalue weighted by Crippen LogP contribution is -2.15. The van der Waals surface area contributed by atoms with E-state index in [0.29, 0.717) is 22.4 Å². The van der Waals surface area contributed by atoms with E-state index in [-0.39, 0.29) is 23.7 Å². The molecular formula is C18H14NO5-. The minimum absolute atomic E-state index is 0.00761. The lowest BCUT2D eigenvalue weighted by Gasteiger charge is -2.10. The predicted molar refractivity (Wildman–Crippen MR) is 87.3 cm³/mol. The SMILES string of the molecule is COc1ccc(NC(=O)Cc2cc(=O)oc3cc([O-])ccc23)cc1. The van der Waals surface area contributed by atoms with Crippen molar-refractivity contribution in [2.75, 3.05) is 12.4 Å². The van der Waals surface area contributed by atoms with Crippen LogP contribution in [0.4, 0.5) is 5.69 Å². The fourth-order valence-electron chi connectivity index (χ4n) is 2.41. The monoisotopic (exact) mass is 324 g/mol. The minimum Gasteiger partial charge on any atom is -0.872 e. The second kappa shape index (κ2) is 6.45. The van der Waals surface area contributed by atoms with Crippen LogP contribution < -0.4 is 20.8 Å². The number of benzene rings is 2. The van der Waals surface area contributed by atoms with Gasteiger partial charge >= 0.3 is 5.63 Å². The Bertz CT molecular complexity index is 944. The van der Waals surface area contributed by atoms with Crippen LogP contribution in [-0.4, -0.2) is 13.0 Å². The Morgan fingerprint density at radius 1 is 1.17 bits per heavy atom. The maximum absolute atomic E-state index is 12.2. The van der Waals surface area contributed by atoms with Crippen LogP contribution in [0.1, 0.15) is 5.56 Å².